The summed E-state index contributed by atoms with van der Waals surface area (Å²) in [5.41, 5.74) is 1.56. The predicted molar refractivity (Wildman–Crippen MR) is 92.2 cm³/mol. The molecule has 1 unspecified atom stereocenters. The van der Waals surface area contributed by atoms with E-state index in [1.807, 2.05) is 17.5 Å². The predicted octanol–water partition coefficient (Wildman–Crippen LogP) is 3.65. The van der Waals surface area contributed by atoms with E-state index in [-0.39, 0.29) is 0 Å². The van der Waals surface area contributed by atoms with Crippen LogP contribution in [0.5, 0.6) is 0 Å². The molecule has 21 heavy (non-hydrogen) atoms. The fraction of sp³-hybridized carbons (Fsp3) is 0.562. The molecule has 0 saturated heterocycles. The minimum absolute atomic E-state index is 0.378. The van der Waals surface area contributed by atoms with Crippen molar-refractivity contribution >= 4 is 23.1 Å². The molecule has 0 fully saturated rings. The van der Waals surface area contributed by atoms with Crippen LogP contribution in [0.1, 0.15) is 40.5 Å². The van der Waals surface area contributed by atoms with Gasteiger partial charge in [0.05, 0.1) is 0 Å². The van der Waals surface area contributed by atoms with Gasteiger partial charge in [-0.15, -0.1) is 11.3 Å². The summed E-state index contributed by atoms with van der Waals surface area (Å²) in [5, 5.41) is 3.49. The fourth-order valence-electron chi connectivity index (χ4n) is 2.84. The first kappa shape index (κ1) is 15.1. The third-order valence-electron chi connectivity index (χ3n) is 3.99. The Balaban J connectivity index is 1.78. The lowest BCUT2D eigenvalue weighted by Crippen LogP contribution is -2.20. The van der Waals surface area contributed by atoms with Crippen LogP contribution in [0.15, 0.2) is 18.5 Å². The molecule has 0 saturated carbocycles. The zero-order valence-electron chi connectivity index (χ0n) is 12.8. The van der Waals surface area contributed by atoms with Gasteiger partial charge in [0, 0.05) is 46.9 Å². The number of aryl methyl sites for hydroxylation is 2. The normalized spacial score (nSPS) is 15.9. The fourth-order valence-corrected chi connectivity index (χ4v) is 5.33. The standard InChI is InChI=1S/C16H23N3S2/c1-3-6-19-7-5-18-16(19)10-13(17-2)15-9-12-11-20-8-4-14(12)21-15/h5,7,9,13,17H,3-4,6,8,10-11H2,1-2H3. The quantitative estimate of drug-likeness (QED) is 0.881. The van der Waals surface area contributed by atoms with Crippen molar-refractivity contribution in [2.24, 2.45) is 0 Å². The number of fused-ring (bicyclic) bond motifs is 1. The minimum Gasteiger partial charge on any atom is -0.335 e. The first-order valence-corrected chi connectivity index (χ1v) is 9.65. The number of likely N-dealkylation sites (N-methyl/N-ethyl adjacent to an activating group) is 1. The average Bonchev–Trinajstić information content (AvgIpc) is 3.11. The summed E-state index contributed by atoms with van der Waals surface area (Å²) in [5.74, 6) is 3.65. The van der Waals surface area contributed by atoms with Crippen molar-refractivity contribution in [1.82, 2.24) is 14.9 Å². The molecule has 114 valence electrons. The van der Waals surface area contributed by atoms with E-state index in [1.165, 1.54) is 28.6 Å². The third kappa shape index (κ3) is 3.35. The van der Waals surface area contributed by atoms with E-state index in [1.54, 1.807) is 10.4 Å². The Bertz CT molecular complexity index is 565. The van der Waals surface area contributed by atoms with Gasteiger partial charge in [-0.1, -0.05) is 6.92 Å². The molecular weight excluding hydrogens is 298 g/mol. The van der Waals surface area contributed by atoms with Gasteiger partial charge in [-0.25, -0.2) is 4.98 Å². The molecule has 0 aromatic carbocycles. The van der Waals surface area contributed by atoms with Crippen LogP contribution in [0, 0.1) is 0 Å². The molecule has 2 aromatic rings. The van der Waals surface area contributed by atoms with Crippen LogP contribution in [0.3, 0.4) is 0 Å². The van der Waals surface area contributed by atoms with Crippen LogP contribution in [-0.4, -0.2) is 22.4 Å². The number of nitrogens with one attached hydrogen (secondary N) is 1. The van der Waals surface area contributed by atoms with Gasteiger partial charge in [0.2, 0.25) is 0 Å². The van der Waals surface area contributed by atoms with E-state index in [0.717, 1.165) is 19.4 Å². The Labute approximate surface area is 135 Å². The van der Waals surface area contributed by atoms with Crippen molar-refractivity contribution in [1.29, 1.82) is 0 Å². The lowest BCUT2D eigenvalue weighted by atomic mass is 10.1. The van der Waals surface area contributed by atoms with E-state index in [4.69, 9.17) is 0 Å². The molecular formula is C16H23N3S2. The number of hydrogen-bond acceptors (Lipinski definition) is 4. The summed E-state index contributed by atoms with van der Waals surface area (Å²) in [4.78, 5) is 7.62. The maximum absolute atomic E-state index is 4.55. The van der Waals surface area contributed by atoms with Crippen LogP contribution >= 0.6 is 23.1 Å². The smallest absolute Gasteiger partial charge is 0.110 e. The molecule has 3 heterocycles. The van der Waals surface area contributed by atoms with Crippen LogP contribution < -0.4 is 5.32 Å². The molecule has 2 aromatic heterocycles. The monoisotopic (exact) mass is 321 g/mol. The molecule has 0 amide bonds. The molecule has 5 heteroatoms. The zero-order valence-corrected chi connectivity index (χ0v) is 14.4. The summed E-state index contributed by atoms with van der Waals surface area (Å²) in [6, 6.07) is 2.80. The zero-order chi connectivity index (χ0) is 14.7. The highest BCUT2D eigenvalue weighted by Gasteiger charge is 2.20. The SMILES string of the molecule is CCCn1ccnc1CC(NC)c1cc2c(s1)CCSC2. The van der Waals surface area contributed by atoms with Gasteiger partial charge < -0.3 is 9.88 Å². The number of thiophene rings is 1. The Hall–Kier alpha value is -0.780. The van der Waals surface area contributed by atoms with Gasteiger partial charge in [-0.2, -0.15) is 11.8 Å². The van der Waals surface area contributed by atoms with Gasteiger partial charge in [-0.3, -0.25) is 0 Å². The minimum atomic E-state index is 0.378. The Kier molecular flexibility index (Phi) is 5.03. The highest BCUT2D eigenvalue weighted by atomic mass is 32.2. The average molecular weight is 322 g/mol. The second-order valence-corrected chi connectivity index (χ2v) is 7.76. The van der Waals surface area contributed by atoms with Crippen LogP contribution in [0.25, 0.3) is 0 Å². The second-order valence-electron chi connectivity index (χ2n) is 5.48. The van der Waals surface area contributed by atoms with Gasteiger partial charge in [0.15, 0.2) is 0 Å². The number of imidazole rings is 1. The van der Waals surface area contributed by atoms with Crippen LogP contribution in [-0.2, 0) is 25.1 Å². The van der Waals surface area contributed by atoms with Crippen molar-refractivity contribution in [3.05, 3.63) is 39.6 Å². The molecule has 3 rings (SSSR count). The van der Waals surface area contributed by atoms with Crippen molar-refractivity contribution in [2.75, 3.05) is 12.8 Å². The number of nitrogens with zero attached hydrogens (tertiary/aromatic N) is 2. The number of thioether (sulfide) groups is 1. The summed E-state index contributed by atoms with van der Waals surface area (Å²) < 4.78 is 2.29. The van der Waals surface area contributed by atoms with Crippen molar-refractivity contribution in [3.63, 3.8) is 0 Å². The van der Waals surface area contributed by atoms with Gasteiger partial charge in [0.1, 0.15) is 5.82 Å². The summed E-state index contributed by atoms with van der Waals surface area (Å²) in [6.45, 7) is 3.27. The first-order valence-electron chi connectivity index (χ1n) is 7.68. The summed E-state index contributed by atoms with van der Waals surface area (Å²) >= 11 is 4.05. The molecule has 0 aliphatic carbocycles. The lowest BCUT2D eigenvalue weighted by Gasteiger charge is -2.15. The first-order chi connectivity index (χ1) is 10.3. The largest absolute Gasteiger partial charge is 0.335 e. The van der Waals surface area contributed by atoms with Crippen molar-refractivity contribution < 1.29 is 0 Å². The maximum atomic E-state index is 4.55. The molecule has 1 aliphatic heterocycles. The van der Waals surface area contributed by atoms with Crippen molar-refractivity contribution in [3.8, 4) is 0 Å². The topological polar surface area (TPSA) is 29.9 Å². The van der Waals surface area contributed by atoms with E-state index in [0.29, 0.717) is 6.04 Å². The van der Waals surface area contributed by atoms with Crippen LogP contribution in [0.4, 0.5) is 0 Å². The summed E-state index contributed by atoms with van der Waals surface area (Å²) in [7, 11) is 2.06. The molecule has 0 spiro atoms. The Morgan fingerprint density at radius 1 is 1.48 bits per heavy atom. The molecule has 1 aliphatic rings. The Morgan fingerprint density at radius 3 is 3.14 bits per heavy atom. The van der Waals surface area contributed by atoms with E-state index < -0.39 is 0 Å². The van der Waals surface area contributed by atoms with Crippen molar-refractivity contribution in [2.45, 2.75) is 44.5 Å². The molecule has 0 radical (unpaired) electrons. The summed E-state index contributed by atoms with van der Waals surface area (Å²) in [6.07, 6.45) is 7.38. The molecule has 1 N–H and O–H groups in total. The molecule has 3 nitrogen and oxygen atoms in total. The van der Waals surface area contributed by atoms with Gasteiger partial charge in [-0.05, 0) is 37.3 Å². The third-order valence-corrected chi connectivity index (χ3v) is 6.35. The van der Waals surface area contributed by atoms with E-state index in [9.17, 15) is 0 Å². The molecule has 1 atom stereocenters. The maximum Gasteiger partial charge on any atom is 0.110 e. The van der Waals surface area contributed by atoms with Gasteiger partial charge in [0.25, 0.3) is 0 Å². The molecule has 0 bridgehead atoms. The lowest BCUT2D eigenvalue weighted by molar-refractivity contribution is 0.549. The second kappa shape index (κ2) is 6.99. The van der Waals surface area contributed by atoms with E-state index in [2.05, 4.69) is 52.9 Å². The Morgan fingerprint density at radius 2 is 2.38 bits per heavy atom. The highest BCUT2D eigenvalue weighted by molar-refractivity contribution is 7.98. The number of hydrogen-bond donors (Lipinski definition) is 1. The van der Waals surface area contributed by atoms with Crippen LogP contribution in [0.2, 0.25) is 0 Å². The number of aromatic nitrogens is 2. The number of rotatable bonds is 6. The highest BCUT2D eigenvalue weighted by Crippen LogP contribution is 2.35. The van der Waals surface area contributed by atoms with Gasteiger partial charge >= 0.3 is 0 Å². The van der Waals surface area contributed by atoms with E-state index >= 15 is 0 Å².